The smallest absolute Gasteiger partial charge is 0.339 e. The molecule has 0 spiro atoms. The largest absolute Gasteiger partial charge is 0.473 e. The molecule has 1 aromatic heterocycles. The minimum atomic E-state index is -0.178. The summed E-state index contributed by atoms with van der Waals surface area (Å²) < 4.78 is 11.7. The van der Waals surface area contributed by atoms with Crippen molar-refractivity contribution in [3.05, 3.63) is 69.1 Å². The summed E-state index contributed by atoms with van der Waals surface area (Å²) in [4.78, 5) is 14.6. The molecule has 0 saturated heterocycles. The van der Waals surface area contributed by atoms with E-state index in [-0.39, 0.29) is 5.63 Å². The molecule has 2 heterocycles. The van der Waals surface area contributed by atoms with Gasteiger partial charge < -0.3 is 14.1 Å². The normalized spacial score (nSPS) is 15.7. The molecule has 0 atom stereocenters. The molecule has 2 aromatic carbocycles. The fraction of sp³-hybridized carbons (Fsp3) is 0.318. The van der Waals surface area contributed by atoms with Gasteiger partial charge in [0.05, 0.1) is 12.1 Å². The summed E-state index contributed by atoms with van der Waals surface area (Å²) in [5.74, 6) is 0.819. The van der Waals surface area contributed by atoms with Crippen molar-refractivity contribution in [3.63, 3.8) is 0 Å². The van der Waals surface area contributed by atoms with Crippen LogP contribution in [0.2, 0.25) is 0 Å². The standard InChI is InChI=1S/C22H21NO3/c1-2-14-6-8-15(9-7-14)23-12-19-20(25-13-23)11-10-17-16-4-3-5-18(16)22(24)26-21(17)19/h6-11H,2-5,12-13H2,1H3. The van der Waals surface area contributed by atoms with Gasteiger partial charge in [-0.1, -0.05) is 19.1 Å². The summed E-state index contributed by atoms with van der Waals surface area (Å²) in [6.45, 7) is 3.33. The van der Waals surface area contributed by atoms with E-state index in [4.69, 9.17) is 9.15 Å². The van der Waals surface area contributed by atoms with Crippen LogP contribution in [0.25, 0.3) is 11.0 Å². The average Bonchev–Trinajstić information content (AvgIpc) is 3.18. The second-order valence-electron chi connectivity index (χ2n) is 7.11. The number of anilines is 1. The van der Waals surface area contributed by atoms with Gasteiger partial charge in [-0.15, -0.1) is 0 Å². The first-order valence-electron chi connectivity index (χ1n) is 9.31. The number of hydrogen-bond acceptors (Lipinski definition) is 4. The second kappa shape index (κ2) is 5.90. The molecule has 4 heteroatoms. The van der Waals surface area contributed by atoms with Gasteiger partial charge in [-0.2, -0.15) is 0 Å². The van der Waals surface area contributed by atoms with E-state index in [2.05, 4.69) is 36.1 Å². The van der Waals surface area contributed by atoms with Gasteiger partial charge >= 0.3 is 5.63 Å². The molecule has 2 aliphatic rings. The van der Waals surface area contributed by atoms with Crippen LogP contribution in [0.4, 0.5) is 5.69 Å². The lowest BCUT2D eigenvalue weighted by atomic mass is 10.0. The van der Waals surface area contributed by atoms with E-state index in [9.17, 15) is 4.79 Å². The molecule has 0 N–H and O–H groups in total. The Bertz CT molecular complexity index is 1050. The Morgan fingerprint density at radius 1 is 1.00 bits per heavy atom. The van der Waals surface area contributed by atoms with Crippen molar-refractivity contribution in [1.82, 2.24) is 0 Å². The maximum Gasteiger partial charge on any atom is 0.339 e. The van der Waals surface area contributed by atoms with E-state index < -0.39 is 0 Å². The Kier molecular flexibility index (Phi) is 3.52. The second-order valence-corrected chi connectivity index (χ2v) is 7.11. The van der Waals surface area contributed by atoms with E-state index in [0.29, 0.717) is 18.9 Å². The van der Waals surface area contributed by atoms with Crippen molar-refractivity contribution < 1.29 is 9.15 Å². The lowest BCUT2D eigenvalue weighted by Crippen LogP contribution is -2.32. The number of rotatable bonds is 2. The molecule has 0 fully saturated rings. The molecule has 0 bridgehead atoms. The van der Waals surface area contributed by atoms with Gasteiger partial charge in [0, 0.05) is 16.6 Å². The molecule has 0 saturated carbocycles. The molecule has 1 aliphatic carbocycles. The molecule has 1 aliphatic heterocycles. The molecular formula is C22H21NO3. The van der Waals surface area contributed by atoms with Crippen LogP contribution in [-0.2, 0) is 25.8 Å². The first-order valence-corrected chi connectivity index (χ1v) is 9.31. The van der Waals surface area contributed by atoms with Crippen molar-refractivity contribution >= 4 is 16.7 Å². The third kappa shape index (κ3) is 2.32. The van der Waals surface area contributed by atoms with Crippen molar-refractivity contribution in [2.45, 2.75) is 39.2 Å². The average molecular weight is 347 g/mol. The summed E-state index contributed by atoms with van der Waals surface area (Å²) in [5, 5.41) is 1.07. The minimum Gasteiger partial charge on any atom is -0.473 e. The predicted molar refractivity (Wildman–Crippen MR) is 102 cm³/mol. The summed E-state index contributed by atoms with van der Waals surface area (Å²) in [6, 6.07) is 12.6. The zero-order valence-electron chi connectivity index (χ0n) is 14.9. The molecule has 5 rings (SSSR count). The monoisotopic (exact) mass is 347 g/mol. The number of nitrogens with zero attached hydrogens (tertiary/aromatic N) is 1. The van der Waals surface area contributed by atoms with Crippen molar-refractivity contribution in [2.75, 3.05) is 11.6 Å². The topological polar surface area (TPSA) is 42.7 Å². The highest BCUT2D eigenvalue weighted by Crippen LogP contribution is 2.37. The molecule has 26 heavy (non-hydrogen) atoms. The van der Waals surface area contributed by atoms with Crippen molar-refractivity contribution in [2.24, 2.45) is 0 Å². The lowest BCUT2D eigenvalue weighted by molar-refractivity contribution is 0.289. The summed E-state index contributed by atoms with van der Waals surface area (Å²) in [6.07, 6.45) is 3.85. The van der Waals surface area contributed by atoms with Gasteiger partial charge in [0.25, 0.3) is 0 Å². The van der Waals surface area contributed by atoms with E-state index in [1.807, 2.05) is 12.1 Å². The zero-order chi connectivity index (χ0) is 17.7. The SMILES string of the molecule is CCc1ccc(N2COc3ccc4c5c(c(=O)oc4c3C2)CCC5)cc1. The molecule has 3 aromatic rings. The van der Waals surface area contributed by atoms with Gasteiger partial charge in [-0.25, -0.2) is 4.79 Å². The highest BCUT2D eigenvalue weighted by molar-refractivity contribution is 5.87. The highest BCUT2D eigenvalue weighted by atomic mass is 16.5. The van der Waals surface area contributed by atoms with Crippen LogP contribution in [-0.4, -0.2) is 6.73 Å². The molecular weight excluding hydrogens is 326 g/mol. The van der Waals surface area contributed by atoms with Crippen molar-refractivity contribution in [1.29, 1.82) is 0 Å². The van der Waals surface area contributed by atoms with Crippen LogP contribution in [0.15, 0.2) is 45.6 Å². The van der Waals surface area contributed by atoms with Crippen LogP contribution in [0, 0.1) is 0 Å². The number of ether oxygens (including phenoxy) is 1. The third-order valence-corrected chi connectivity index (χ3v) is 5.64. The fourth-order valence-electron chi connectivity index (χ4n) is 4.16. The summed E-state index contributed by atoms with van der Waals surface area (Å²) in [5.41, 5.74) is 5.96. The van der Waals surface area contributed by atoms with E-state index in [0.717, 1.165) is 53.6 Å². The Hall–Kier alpha value is -2.75. The number of aryl methyl sites for hydroxylation is 2. The Labute approximate surface area is 152 Å². The van der Waals surface area contributed by atoms with Crippen LogP contribution in [0.5, 0.6) is 5.75 Å². The molecule has 0 unspecified atom stereocenters. The van der Waals surface area contributed by atoms with Gasteiger partial charge in [-0.3, -0.25) is 0 Å². The van der Waals surface area contributed by atoms with Crippen molar-refractivity contribution in [3.8, 4) is 5.75 Å². The van der Waals surface area contributed by atoms with E-state index >= 15 is 0 Å². The molecule has 4 nitrogen and oxygen atoms in total. The first-order chi connectivity index (χ1) is 12.7. The van der Waals surface area contributed by atoms with E-state index in [1.54, 1.807) is 0 Å². The predicted octanol–water partition coefficient (Wildman–Crippen LogP) is 4.20. The number of hydrogen-bond donors (Lipinski definition) is 0. The molecule has 0 amide bonds. The molecule has 132 valence electrons. The summed E-state index contributed by atoms with van der Waals surface area (Å²) >= 11 is 0. The molecule has 0 radical (unpaired) electrons. The van der Waals surface area contributed by atoms with Gasteiger partial charge in [0.2, 0.25) is 0 Å². The van der Waals surface area contributed by atoms with Crippen LogP contribution in [0.3, 0.4) is 0 Å². The number of benzene rings is 2. The van der Waals surface area contributed by atoms with E-state index in [1.165, 1.54) is 11.1 Å². The quantitative estimate of drug-likeness (QED) is 0.652. The Balaban J connectivity index is 1.60. The summed E-state index contributed by atoms with van der Waals surface area (Å²) in [7, 11) is 0. The third-order valence-electron chi connectivity index (χ3n) is 5.64. The lowest BCUT2D eigenvalue weighted by Gasteiger charge is -2.31. The van der Waals surface area contributed by atoms with Gasteiger partial charge in [0.1, 0.15) is 11.3 Å². The van der Waals surface area contributed by atoms with Gasteiger partial charge in [0.15, 0.2) is 6.73 Å². The highest BCUT2D eigenvalue weighted by Gasteiger charge is 2.26. The van der Waals surface area contributed by atoms with Gasteiger partial charge in [-0.05, 0) is 61.1 Å². The Morgan fingerprint density at radius 2 is 1.81 bits per heavy atom. The fourth-order valence-corrected chi connectivity index (χ4v) is 4.16. The zero-order valence-corrected chi connectivity index (χ0v) is 14.9. The van der Waals surface area contributed by atoms with Crippen LogP contribution in [0.1, 0.15) is 35.6 Å². The Morgan fingerprint density at radius 3 is 2.62 bits per heavy atom. The number of fused-ring (bicyclic) bond motifs is 5. The maximum absolute atomic E-state index is 12.4. The first kappa shape index (κ1) is 15.5. The van der Waals surface area contributed by atoms with Crippen LogP contribution < -0.4 is 15.3 Å². The van der Waals surface area contributed by atoms with Crippen LogP contribution >= 0.6 is 0 Å². The maximum atomic E-state index is 12.4. The minimum absolute atomic E-state index is 0.178.